The Hall–Kier alpha value is -2.25. The van der Waals surface area contributed by atoms with Crippen LogP contribution in [0.3, 0.4) is 0 Å². The lowest BCUT2D eigenvalue weighted by Gasteiger charge is -2.07. The fraction of sp³-hybridized carbons (Fsp3) is 0.176. The molecule has 0 aliphatic carbocycles. The first-order valence-electron chi connectivity index (χ1n) is 7.23. The summed E-state index contributed by atoms with van der Waals surface area (Å²) >= 11 is 9.46. The van der Waals surface area contributed by atoms with Gasteiger partial charge in [-0.25, -0.2) is 0 Å². The van der Waals surface area contributed by atoms with Crippen molar-refractivity contribution in [2.24, 2.45) is 0 Å². The lowest BCUT2D eigenvalue weighted by atomic mass is 10.2. The predicted molar refractivity (Wildman–Crippen MR) is 96.3 cm³/mol. The van der Waals surface area contributed by atoms with Crippen LogP contribution in [-0.4, -0.2) is 24.4 Å². The van der Waals surface area contributed by atoms with Gasteiger partial charge >= 0.3 is 0 Å². The molecule has 2 aromatic carbocycles. The Morgan fingerprint density at radius 1 is 1.08 bits per heavy atom. The molecule has 0 atom stereocenters. The van der Waals surface area contributed by atoms with E-state index < -0.39 is 0 Å². The molecule has 0 amide bonds. The third-order valence-corrected chi connectivity index (χ3v) is 4.15. The van der Waals surface area contributed by atoms with E-state index in [1.54, 1.807) is 44.6 Å². The van der Waals surface area contributed by atoms with Crippen LogP contribution in [0.4, 0.5) is 0 Å². The zero-order chi connectivity index (χ0) is 17.8. The van der Waals surface area contributed by atoms with Crippen molar-refractivity contribution in [2.45, 2.75) is 6.61 Å². The molecule has 0 bridgehead atoms. The zero-order valence-corrected chi connectivity index (χ0v) is 15.8. The molecule has 0 saturated heterocycles. The Morgan fingerprint density at radius 2 is 1.92 bits per heavy atom. The molecule has 0 N–H and O–H groups in total. The number of ether oxygens (including phenoxy) is 3. The van der Waals surface area contributed by atoms with Crippen LogP contribution in [0.15, 0.2) is 45.4 Å². The summed E-state index contributed by atoms with van der Waals surface area (Å²) in [7, 11) is 3.16. The van der Waals surface area contributed by atoms with Crippen molar-refractivity contribution in [1.82, 2.24) is 10.1 Å². The molecule has 0 fully saturated rings. The van der Waals surface area contributed by atoms with E-state index in [4.69, 9.17) is 30.3 Å². The van der Waals surface area contributed by atoms with Gasteiger partial charge in [-0.2, -0.15) is 4.98 Å². The summed E-state index contributed by atoms with van der Waals surface area (Å²) in [6.45, 7) is 0.104. The Bertz CT molecular complexity index is 885. The molecule has 25 heavy (non-hydrogen) atoms. The Balaban J connectivity index is 1.76. The first-order valence-corrected chi connectivity index (χ1v) is 8.40. The van der Waals surface area contributed by atoms with Gasteiger partial charge in [-0.3, -0.25) is 0 Å². The summed E-state index contributed by atoms with van der Waals surface area (Å²) in [5, 5.41) is 4.46. The molecule has 0 spiro atoms. The van der Waals surface area contributed by atoms with Crippen LogP contribution >= 0.6 is 27.5 Å². The minimum absolute atomic E-state index is 0.104. The molecule has 0 aliphatic rings. The van der Waals surface area contributed by atoms with E-state index in [9.17, 15) is 0 Å². The van der Waals surface area contributed by atoms with Crippen LogP contribution in [0.25, 0.3) is 11.4 Å². The number of rotatable bonds is 6. The highest BCUT2D eigenvalue weighted by molar-refractivity contribution is 9.10. The largest absolute Gasteiger partial charge is 0.497 e. The third-order valence-electron chi connectivity index (χ3n) is 3.36. The van der Waals surface area contributed by atoms with E-state index in [-0.39, 0.29) is 6.61 Å². The van der Waals surface area contributed by atoms with Crippen molar-refractivity contribution in [1.29, 1.82) is 0 Å². The molecule has 0 saturated carbocycles. The van der Waals surface area contributed by atoms with Gasteiger partial charge in [-0.05, 0) is 30.3 Å². The Kier molecular flexibility index (Phi) is 5.45. The Morgan fingerprint density at radius 3 is 2.64 bits per heavy atom. The average Bonchev–Trinajstić information content (AvgIpc) is 3.09. The average molecular weight is 426 g/mol. The number of benzene rings is 2. The molecule has 3 rings (SSSR count). The van der Waals surface area contributed by atoms with Crippen molar-refractivity contribution in [3.8, 4) is 28.6 Å². The fourth-order valence-corrected chi connectivity index (χ4v) is 2.87. The highest BCUT2D eigenvalue weighted by atomic mass is 79.9. The molecule has 130 valence electrons. The van der Waals surface area contributed by atoms with Gasteiger partial charge in [0.15, 0.2) is 6.61 Å². The van der Waals surface area contributed by atoms with E-state index >= 15 is 0 Å². The maximum Gasteiger partial charge on any atom is 0.264 e. The van der Waals surface area contributed by atoms with Crippen LogP contribution in [0.1, 0.15) is 5.89 Å². The SMILES string of the molecule is COc1ccc(-c2noc(COc3ccc(Br)cc3Cl)n2)c(OC)c1. The van der Waals surface area contributed by atoms with E-state index in [1.165, 1.54) is 0 Å². The third kappa shape index (κ3) is 4.05. The van der Waals surface area contributed by atoms with Gasteiger partial charge in [0.1, 0.15) is 17.2 Å². The maximum atomic E-state index is 6.11. The van der Waals surface area contributed by atoms with Gasteiger partial charge in [0.2, 0.25) is 5.82 Å². The van der Waals surface area contributed by atoms with Crippen molar-refractivity contribution in [3.63, 3.8) is 0 Å². The van der Waals surface area contributed by atoms with Crippen molar-refractivity contribution in [3.05, 3.63) is 51.8 Å². The van der Waals surface area contributed by atoms with Crippen LogP contribution in [0, 0.1) is 0 Å². The summed E-state index contributed by atoms with van der Waals surface area (Å²) in [4.78, 5) is 4.33. The van der Waals surface area contributed by atoms with Crippen molar-refractivity contribution in [2.75, 3.05) is 14.2 Å². The van der Waals surface area contributed by atoms with Gasteiger partial charge in [0.25, 0.3) is 5.89 Å². The van der Waals surface area contributed by atoms with Gasteiger partial charge in [0.05, 0.1) is 24.8 Å². The summed E-state index contributed by atoms with van der Waals surface area (Å²) < 4.78 is 22.3. The molecular weight excluding hydrogens is 412 g/mol. The lowest BCUT2D eigenvalue weighted by molar-refractivity contribution is 0.243. The molecule has 0 radical (unpaired) electrons. The summed E-state index contributed by atoms with van der Waals surface area (Å²) in [6.07, 6.45) is 0. The molecule has 0 unspecified atom stereocenters. The topological polar surface area (TPSA) is 66.6 Å². The first-order chi connectivity index (χ1) is 12.1. The zero-order valence-electron chi connectivity index (χ0n) is 13.5. The molecule has 6 nitrogen and oxygen atoms in total. The van der Waals surface area contributed by atoms with E-state index in [1.807, 2.05) is 6.07 Å². The molecule has 8 heteroatoms. The molecule has 1 heterocycles. The smallest absolute Gasteiger partial charge is 0.264 e. The van der Waals surface area contributed by atoms with Crippen LogP contribution in [0.2, 0.25) is 5.02 Å². The standard InChI is InChI=1S/C17H14BrClN2O4/c1-22-11-4-5-12(15(8-11)23-2)17-20-16(25-21-17)9-24-14-6-3-10(18)7-13(14)19/h3-8H,9H2,1-2H3. The normalized spacial score (nSPS) is 10.6. The van der Waals surface area contributed by atoms with Crippen molar-refractivity contribution < 1.29 is 18.7 Å². The van der Waals surface area contributed by atoms with Gasteiger partial charge in [0, 0.05) is 10.5 Å². The number of nitrogens with zero attached hydrogens (tertiary/aromatic N) is 2. The fourth-order valence-electron chi connectivity index (χ4n) is 2.14. The predicted octanol–water partition coefficient (Wildman–Crippen LogP) is 4.75. The highest BCUT2D eigenvalue weighted by Crippen LogP contribution is 2.32. The van der Waals surface area contributed by atoms with E-state index in [0.717, 1.165) is 4.47 Å². The minimum atomic E-state index is 0.104. The van der Waals surface area contributed by atoms with E-state index in [2.05, 4.69) is 26.1 Å². The first kappa shape index (κ1) is 17.6. The molecule has 3 aromatic rings. The number of aromatic nitrogens is 2. The van der Waals surface area contributed by atoms with Gasteiger partial charge in [-0.1, -0.05) is 32.7 Å². The van der Waals surface area contributed by atoms with Gasteiger partial charge < -0.3 is 18.7 Å². The van der Waals surface area contributed by atoms with E-state index in [0.29, 0.717) is 39.5 Å². The van der Waals surface area contributed by atoms with Crippen molar-refractivity contribution >= 4 is 27.5 Å². The second-order valence-electron chi connectivity index (χ2n) is 4.94. The molecular formula is C17H14BrClN2O4. The number of methoxy groups -OCH3 is 2. The molecule has 1 aromatic heterocycles. The Labute approximate surface area is 157 Å². The molecule has 0 aliphatic heterocycles. The summed E-state index contributed by atoms with van der Waals surface area (Å²) in [5.74, 6) is 2.53. The van der Waals surface area contributed by atoms with Crippen LogP contribution in [0.5, 0.6) is 17.2 Å². The summed E-state index contributed by atoms with van der Waals surface area (Å²) in [5.41, 5.74) is 0.694. The number of hydrogen-bond acceptors (Lipinski definition) is 6. The van der Waals surface area contributed by atoms with Crippen LogP contribution in [-0.2, 0) is 6.61 Å². The lowest BCUT2D eigenvalue weighted by Crippen LogP contribution is -1.96. The van der Waals surface area contributed by atoms with Crippen LogP contribution < -0.4 is 14.2 Å². The quantitative estimate of drug-likeness (QED) is 0.568. The highest BCUT2D eigenvalue weighted by Gasteiger charge is 2.15. The second kappa shape index (κ2) is 7.76. The second-order valence-corrected chi connectivity index (χ2v) is 6.26. The monoisotopic (exact) mass is 424 g/mol. The number of halogens is 2. The maximum absolute atomic E-state index is 6.11. The minimum Gasteiger partial charge on any atom is -0.497 e. The van der Waals surface area contributed by atoms with Gasteiger partial charge in [-0.15, -0.1) is 0 Å². The summed E-state index contributed by atoms with van der Waals surface area (Å²) in [6, 6.07) is 10.7. The number of hydrogen-bond donors (Lipinski definition) is 0.